The molecule has 0 atom stereocenters. The van der Waals surface area contributed by atoms with E-state index in [2.05, 4.69) is 36.3 Å². The van der Waals surface area contributed by atoms with E-state index in [-0.39, 0.29) is 0 Å². The molecule has 1 aliphatic rings. The fourth-order valence-corrected chi connectivity index (χ4v) is 4.23. The van der Waals surface area contributed by atoms with Crippen LogP contribution in [-0.4, -0.2) is 66.4 Å². The van der Waals surface area contributed by atoms with Crippen LogP contribution in [0.15, 0.2) is 36.4 Å². The van der Waals surface area contributed by atoms with Gasteiger partial charge < -0.3 is 14.4 Å². The van der Waals surface area contributed by atoms with Gasteiger partial charge in [0.25, 0.3) is 0 Å². The number of anilines is 1. The number of piperazine rings is 1. The highest BCUT2D eigenvalue weighted by molar-refractivity contribution is 5.73. The monoisotopic (exact) mass is 421 g/mol. The molecular formula is C24H31N5O2. The van der Waals surface area contributed by atoms with Crippen LogP contribution in [0, 0.1) is 13.8 Å². The summed E-state index contributed by atoms with van der Waals surface area (Å²) in [6.45, 7) is 15.2. The van der Waals surface area contributed by atoms with Gasteiger partial charge in [-0.25, -0.2) is 4.98 Å². The summed E-state index contributed by atoms with van der Waals surface area (Å²) in [6, 6.07) is 8.03. The Labute approximate surface area is 183 Å². The predicted octanol–water partition coefficient (Wildman–Crippen LogP) is 3.73. The Morgan fingerprint density at radius 1 is 1.03 bits per heavy atom. The first-order chi connectivity index (χ1) is 14.9. The van der Waals surface area contributed by atoms with Crippen LogP contribution in [0.5, 0.6) is 11.5 Å². The summed E-state index contributed by atoms with van der Waals surface area (Å²) in [7, 11) is 3.29. The van der Waals surface area contributed by atoms with Gasteiger partial charge in [0.1, 0.15) is 5.82 Å². The summed E-state index contributed by atoms with van der Waals surface area (Å²) >= 11 is 0. The molecule has 0 unspecified atom stereocenters. The molecule has 2 aromatic heterocycles. The van der Waals surface area contributed by atoms with E-state index in [1.807, 2.05) is 29.6 Å². The number of rotatable bonds is 6. The number of aryl methyl sites for hydroxylation is 2. The second-order valence-electron chi connectivity index (χ2n) is 8.25. The number of hydrogen-bond donors (Lipinski definition) is 0. The van der Waals surface area contributed by atoms with Crippen molar-refractivity contribution >= 4 is 11.5 Å². The summed E-state index contributed by atoms with van der Waals surface area (Å²) < 4.78 is 12.9. The lowest BCUT2D eigenvalue weighted by molar-refractivity contribution is 0.277. The van der Waals surface area contributed by atoms with Gasteiger partial charge >= 0.3 is 0 Å². The van der Waals surface area contributed by atoms with Crippen molar-refractivity contribution in [3.8, 4) is 22.8 Å². The number of benzene rings is 1. The van der Waals surface area contributed by atoms with Crippen LogP contribution in [0.4, 0.5) is 5.82 Å². The second-order valence-corrected chi connectivity index (χ2v) is 8.25. The van der Waals surface area contributed by atoms with Gasteiger partial charge in [0, 0.05) is 55.6 Å². The molecule has 0 aliphatic carbocycles. The van der Waals surface area contributed by atoms with E-state index in [0.29, 0.717) is 11.5 Å². The maximum Gasteiger partial charge on any atom is 0.161 e. The van der Waals surface area contributed by atoms with Crippen molar-refractivity contribution in [2.45, 2.75) is 20.8 Å². The third-order valence-corrected chi connectivity index (χ3v) is 5.78. The topological polar surface area (TPSA) is 55.1 Å². The van der Waals surface area contributed by atoms with Crippen LogP contribution in [0.25, 0.3) is 16.9 Å². The van der Waals surface area contributed by atoms with E-state index in [1.54, 1.807) is 14.2 Å². The summed E-state index contributed by atoms with van der Waals surface area (Å²) in [4.78, 5) is 9.66. The van der Waals surface area contributed by atoms with E-state index >= 15 is 0 Å². The molecule has 0 radical (unpaired) electrons. The molecule has 0 bridgehead atoms. The Balaban J connectivity index is 1.72. The minimum absolute atomic E-state index is 0.689. The Kier molecular flexibility index (Phi) is 5.87. The zero-order valence-electron chi connectivity index (χ0n) is 19.1. The number of fused-ring (bicyclic) bond motifs is 1. The van der Waals surface area contributed by atoms with Crippen LogP contribution in [0.3, 0.4) is 0 Å². The second kappa shape index (κ2) is 8.59. The minimum Gasteiger partial charge on any atom is -0.493 e. The molecule has 3 heterocycles. The third-order valence-electron chi connectivity index (χ3n) is 5.78. The van der Waals surface area contributed by atoms with E-state index < -0.39 is 0 Å². The molecule has 3 aromatic rings. The summed E-state index contributed by atoms with van der Waals surface area (Å²) in [5.74, 6) is 2.48. The van der Waals surface area contributed by atoms with Gasteiger partial charge in [0.05, 0.1) is 19.9 Å². The van der Waals surface area contributed by atoms with Crippen molar-refractivity contribution in [2.75, 3.05) is 51.8 Å². The van der Waals surface area contributed by atoms with Crippen LogP contribution in [0.1, 0.15) is 18.2 Å². The lowest BCUT2D eigenvalue weighted by Crippen LogP contribution is -2.47. The molecule has 0 spiro atoms. The van der Waals surface area contributed by atoms with Gasteiger partial charge in [-0.3, -0.25) is 4.90 Å². The van der Waals surface area contributed by atoms with Gasteiger partial charge in [0.15, 0.2) is 17.1 Å². The Morgan fingerprint density at radius 3 is 2.39 bits per heavy atom. The highest BCUT2D eigenvalue weighted by Gasteiger charge is 2.22. The van der Waals surface area contributed by atoms with Crippen LogP contribution >= 0.6 is 0 Å². The molecule has 1 aliphatic heterocycles. The molecule has 0 amide bonds. The first-order valence-corrected chi connectivity index (χ1v) is 10.6. The zero-order chi connectivity index (χ0) is 22.1. The molecule has 7 nitrogen and oxygen atoms in total. The van der Waals surface area contributed by atoms with E-state index in [0.717, 1.165) is 66.7 Å². The largest absolute Gasteiger partial charge is 0.493 e. The van der Waals surface area contributed by atoms with Gasteiger partial charge in [-0.15, -0.1) is 0 Å². The average Bonchev–Trinajstić information content (AvgIpc) is 3.09. The van der Waals surface area contributed by atoms with Gasteiger partial charge in [-0.05, 0) is 39.0 Å². The molecule has 1 fully saturated rings. The number of nitrogens with zero attached hydrogens (tertiary/aromatic N) is 5. The Hall–Kier alpha value is -3.06. The summed E-state index contributed by atoms with van der Waals surface area (Å²) in [6.07, 6.45) is 0. The highest BCUT2D eigenvalue weighted by atomic mass is 16.5. The van der Waals surface area contributed by atoms with Crippen LogP contribution < -0.4 is 14.4 Å². The number of methoxy groups -OCH3 is 2. The SMILES string of the molecule is C=C(C)CN1CCN(c2cc(C)nc3c(C)c(-c4ccc(OC)c(OC)c4)nn23)CC1. The maximum atomic E-state index is 5.49. The lowest BCUT2D eigenvalue weighted by atomic mass is 10.1. The highest BCUT2D eigenvalue weighted by Crippen LogP contribution is 2.34. The lowest BCUT2D eigenvalue weighted by Gasteiger charge is -2.36. The Bertz CT molecular complexity index is 1110. The summed E-state index contributed by atoms with van der Waals surface area (Å²) in [5.41, 5.74) is 6.03. The molecule has 1 aromatic carbocycles. The molecule has 164 valence electrons. The number of hydrogen-bond acceptors (Lipinski definition) is 6. The smallest absolute Gasteiger partial charge is 0.161 e. The van der Waals surface area contributed by atoms with E-state index in [9.17, 15) is 0 Å². The van der Waals surface area contributed by atoms with Crippen LogP contribution in [-0.2, 0) is 0 Å². The molecule has 0 N–H and O–H groups in total. The van der Waals surface area contributed by atoms with E-state index in [1.165, 1.54) is 5.57 Å². The molecule has 7 heteroatoms. The van der Waals surface area contributed by atoms with Crippen molar-refractivity contribution < 1.29 is 9.47 Å². The van der Waals surface area contributed by atoms with Gasteiger partial charge in [0.2, 0.25) is 0 Å². The fourth-order valence-electron chi connectivity index (χ4n) is 4.23. The summed E-state index contributed by atoms with van der Waals surface area (Å²) in [5, 5.41) is 4.99. The zero-order valence-corrected chi connectivity index (χ0v) is 19.1. The van der Waals surface area contributed by atoms with Gasteiger partial charge in [-0.1, -0.05) is 12.2 Å². The molecule has 31 heavy (non-hydrogen) atoms. The molecule has 0 saturated carbocycles. The quantitative estimate of drug-likeness (QED) is 0.566. The van der Waals surface area contributed by atoms with Crippen molar-refractivity contribution in [3.05, 3.63) is 47.7 Å². The van der Waals surface area contributed by atoms with Crippen molar-refractivity contribution in [1.82, 2.24) is 19.5 Å². The maximum absolute atomic E-state index is 5.49. The van der Waals surface area contributed by atoms with Crippen molar-refractivity contribution in [3.63, 3.8) is 0 Å². The van der Waals surface area contributed by atoms with Crippen molar-refractivity contribution in [2.24, 2.45) is 0 Å². The first-order valence-electron chi connectivity index (χ1n) is 10.6. The number of aromatic nitrogens is 3. The van der Waals surface area contributed by atoms with Crippen LogP contribution in [0.2, 0.25) is 0 Å². The average molecular weight is 422 g/mol. The standard InChI is InChI=1S/C24H31N5O2/c1-16(2)15-27-9-11-28(12-10-27)22-13-17(3)25-24-18(4)23(26-29(22)24)19-7-8-20(30-5)21(14-19)31-6/h7-8,13-14H,1,9-12,15H2,2-6H3. The molecular weight excluding hydrogens is 390 g/mol. The Morgan fingerprint density at radius 2 is 1.74 bits per heavy atom. The van der Waals surface area contributed by atoms with E-state index in [4.69, 9.17) is 19.6 Å². The normalized spacial score (nSPS) is 14.8. The fraction of sp³-hybridized carbons (Fsp3) is 0.417. The number of ether oxygens (including phenoxy) is 2. The van der Waals surface area contributed by atoms with Crippen molar-refractivity contribution in [1.29, 1.82) is 0 Å². The minimum atomic E-state index is 0.689. The molecule has 4 rings (SSSR count). The molecule has 1 saturated heterocycles. The first kappa shape index (κ1) is 21.2. The predicted molar refractivity (Wildman–Crippen MR) is 124 cm³/mol. The third kappa shape index (κ3) is 4.10. The van der Waals surface area contributed by atoms with Gasteiger partial charge in [-0.2, -0.15) is 9.61 Å².